The maximum atomic E-state index is 13.2. The number of methoxy groups -OCH3 is 2. The van der Waals surface area contributed by atoms with Gasteiger partial charge in [0.05, 0.1) is 19.8 Å². The molecular weight excluding hydrogens is 219 g/mol. The molecule has 16 heavy (non-hydrogen) atoms. The van der Waals surface area contributed by atoms with Crippen molar-refractivity contribution < 1.29 is 28.6 Å². The molecule has 86 valence electrons. The first-order valence-electron chi connectivity index (χ1n) is 4.21. The van der Waals surface area contributed by atoms with Gasteiger partial charge in [-0.1, -0.05) is 0 Å². The topological polar surface area (TPSA) is 72.8 Å². The van der Waals surface area contributed by atoms with Crippen molar-refractivity contribution in [3.05, 3.63) is 23.5 Å². The molecular formula is C10H9FO5. The van der Waals surface area contributed by atoms with E-state index in [9.17, 15) is 14.0 Å². The predicted octanol–water partition coefficient (Wildman–Crippen LogP) is 1.11. The van der Waals surface area contributed by atoms with Crippen molar-refractivity contribution in [2.75, 3.05) is 14.2 Å². The molecule has 0 unspecified atom stereocenters. The summed E-state index contributed by atoms with van der Waals surface area (Å²) in [6.07, 6.45) is 0. The number of halogens is 1. The highest BCUT2D eigenvalue weighted by Gasteiger charge is 2.24. The Morgan fingerprint density at radius 2 is 1.75 bits per heavy atom. The van der Waals surface area contributed by atoms with Gasteiger partial charge in [0, 0.05) is 0 Å². The quantitative estimate of drug-likeness (QED) is 0.617. The zero-order chi connectivity index (χ0) is 12.3. The van der Waals surface area contributed by atoms with E-state index in [0.717, 1.165) is 12.1 Å². The largest absolute Gasteiger partial charge is 0.492 e. The number of benzene rings is 1. The zero-order valence-electron chi connectivity index (χ0n) is 8.61. The number of aliphatic carboxylic acids is 1. The Bertz CT molecular complexity index is 441. The van der Waals surface area contributed by atoms with E-state index >= 15 is 0 Å². The average molecular weight is 228 g/mol. The minimum absolute atomic E-state index is 0.227. The van der Waals surface area contributed by atoms with Gasteiger partial charge in [-0.15, -0.1) is 0 Å². The average Bonchev–Trinajstić information content (AvgIpc) is 2.27. The van der Waals surface area contributed by atoms with Crippen molar-refractivity contribution in [3.8, 4) is 11.5 Å². The number of carboxylic acid groups (broad SMARTS) is 1. The summed E-state index contributed by atoms with van der Waals surface area (Å²) in [5.74, 6) is -4.09. The Kier molecular flexibility index (Phi) is 3.44. The number of Topliss-reactive ketones (excluding diaryl/α,β-unsaturated/α-hetero) is 1. The summed E-state index contributed by atoms with van der Waals surface area (Å²) in [6.45, 7) is 0. The van der Waals surface area contributed by atoms with Crippen LogP contribution in [0, 0.1) is 5.82 Å². The number of ketones is 1. The van der Waals surface area contributed by atoms with Crippen LogP contribution < -0.4 is 9.47 Å². The number of carbonyl (C=O) groups is 2. The molecule has 0 saturated carbocycles. The van der Waals surface area contributed by atoms with E-state index in [-0.39, 0.29) is 17.1 Å². The van der Waals surface area contributed by atoms with Crippen molar-refractivity contribution in [3.63, 3.8) is 0 Å². The molecule has 0 aliphatic carbocycles. The van der Waals surface area contributed by atoms with Crippen molar-refractivity contribution in [2.24, 2.45) is 0 Å². The summed E-state index contributed by atoms with van der Waals surface area (Å²) in [5.41, 5.74) is -0.256. The van der Waals surface area contributed by atoms with Gasteiger partial charge in [-0.25, -0.2) is 9.18 Å². The fourth-order valence-corrected chi connectivity index (χ4v) is 1.23. The Hall–Kier alpha value is -2.11. The molecule has 0 bridgehead atoms. The van der Waals surface area contributed by atoms with Gasteiger partial charge in [-0.3, -0.25) is 4.79 Å². The molecule has 0 aliphatic heterocycles. The summed E-state index contributed by atoms with van der Waals surface area (Å²) >= 11 is 0. The van der Waals surface area contributed by atoms with E-state index in [1.807, 2.05) is 0 Å². The summed E-state index contributed by atoms with van der Waals surface area (Å²) < 4.78 is 22.7. The molecule has 0 atom stereocenters. The number of rotatable bonds is 4. The molecule has 0 aliphatic rings. The molecule has 0 spiro atoms. The fraction of sp³-hybridized carbons (Fsp3) is 0.200. The molecule has 0 saturated heterocycles. The summed E-state index contributed by atoms with van der Waals surface area (Å²) in [4.78, 5) is 21.8. The Balaban J connectivity index is 3.41. The van der Waals surface area contributed by atoms with E-state index in [2.05, 4.69) is 0 Å². The predicted molar refractivity (Wildman–Crippen MR) is 51.5 cm³/mol. The maximum absolute atomic E-state index is 13.2. The van der Waals surface area contributed by atoms with Crippen LogP contribution in [0.25, 0.3) is 0 Å². The lowest BCUT2D eigenvalue weighted by Gasteiger charge is -2.11. The van der Waals surface area contributed by atoms with E-state index in [0.29, 0.717) is 0 Å². The molecule has 1 N–H and O–H groups in total. The molecule has 5 nitrogen and oxygen atoms in total. The number of carbonyl (C=O) groups excluding carboxylic acids is 1. The van der Waals surface area contributed by atoms with E-state index in [1.54, 1.807) is 0 Å². The highest BCUT2D eigenvalue weighted by atomic mass is 19.1. The summed E-state index contributed by atoms with van der Waals surface area (Å²) in [6, 6.07) is 1.98. The van der Waals surface area contributed by atoms with Gasteiger partial charge in [0.25, 0.3) is 5.78 Å². The minimum atomic E-state index is -1.65. The Morgan fingerprint density at radius 3 is 2.19 bits per heavy atom. The molecule has 0 fully saturated rings. The lowest BCUT2D eigenvalue weighted by molar-refractivity contribution is -0.131. The smallest absolute Gasteiger partial charge is 0.377 e. The number of hydrogen-bond donors (Lipinski definition) is 1. The van der Waals surface area contributed by atoms with Gasteiger partial charge in [-0.05, 0) is 12.1 Å². The van der Waals surface area contributed by atoms with Crippen molar-refractivity contribution in [2.45, 2.75) is 0 Å². The highest BCUT2D eigenvalue weighted by Crippen LogP contribution is 2.33. The molecule has 0 heterocycles. The number of ether oxygens (including phenoxy) is 2. The second-order valence-electron chi connectivity index (χ2n) is 2.80. The van der Waals surface area contributed by atoms with Crippen LogP contribution in [0.5, 0.6) is 11.5 Å². The number of hydrogen-bond acceptors (Lipinski definition) is 4. The second kappa shape index (κ2) is 4.61. The first-order valence-corrected chi connectivity index (χ1v) is 4.21. The number of carboxylic acids is 1. The molecule has 1 aromatic rings. The van der Waals surface area contributed by atoms with Gasteiger partial charge >= 0.3 is 5.97 Å². The van der Waals surface area contributed by atoms with Crippen LogP contribution in [0.2, 0.25) is 0 Å². The van der Waals surface area contributed by atoms with Gasteiger partial charge in [0.1, 0.15) is 0 Å². The van der Waals surface area contributed by atoms with Crippen LogP contribution >= 0.6 is 0 Å². The minimum Gasteiger partial charge on any atom is -0.492 e. The highest BCUT2D eigenvalue weighted by molar-refractivity contribution is 6.40. The lowest BCUT2D eigenvalue weighted by Crippen LogP contribution is -2.14. The monoisotopic (exact) mass is 228 g/mol. The standard InChI is InChI=1S/C10H9FO5/c1-15-8-5(7(12)10(13)14)3-4-6(11)9(8)16-2/h3-4H,1-2H3,(H,13,14). The molecule has 0 aromatic heterocycles. The van der Waals surface area contributed by atoms with Gasteiger partial charge < -0.3 is 14.6 Å². The molecule has 0 radical (unpaired) electrons. The molecule has 1 rings (SSSR count). The van der Waals surface area contributed by atoms with Crippen LogP contribution in [0.15, 0.2) is 12.1 Å². The van der Waals surface area contributed by atoms with Gasteiger partial charge in [-0.2, -0.15) is 0 Å². The first kappa shape index (κ1) is 12.0. The molecule has 0 amide bonds. The van der Waals surface area contributed by atoms with Crippen LogP contribution in [0.3, 0.4) is 0 Å². The Labute approximate surface area is 90.4 Å². The fourth-order valence-electron chi connectivity index (χ4n) is 1.23. The summed E-state index contributed by atoms with van der Waals surface area (Å²) in [5, 5.41) is 8.55. The van der Waals surface area contributed by atoms with Crippen LogP contribution in [-0.2, 0) is 4.79 Å². The van der Waals surface area contributed by atoms with Crippen LogP contribution in [-0.4, -0.2) is 31.1 Å². The second-order valence-corrected chi connectivity index (χ2v) is 2.80. The van der Waals surface area contributed by atoms with Gasteiger partial charge in [0.15, 0.2) is 17.3 Å². The lowest BCUT2D eigenvalue weighted by atomic mass is 10.1. The van der Waals surface area contributed by atoms with Crippen LogP contribution in [0.4, 0.5) is 4.39 Å². The van der Waals surface area contributed by atoms with Crippen molar-refractivity contribution >= 4 is 11.8 Å². The molecule has 6 heteroatoms. The third kappa shape index (κ3) is 1.95. The Morgan fingerprint density at radius 1 is 1.19 bits per heavy atom. The van der Waals surface area contributed by atoms with Gasteiger partial charge in [0.2, 0.25) is 0 Å². The maximum Gasteiger partial charge on any atom is 0.377 e. The first-order chi connectivity index (χ1) is 7.52. The van der Waals surface area contributed by atoms with E-state index in [1.165, 1.54) is 14.2 Å². The molecule has 1 aromatic carbocycles. The van der Waals surface area contributed by atoms with E-state index in [4.69, 9.17) is 14.6 Å². The van der Waals surface area contributed by atoms with E-state index < -0.39 is 17.6 Å². The normalized spacial score (nSPS) is 9.69. The van der Waals surface area contributed by atoms with Crippen molar-refractivity contribution in [1.29, 1.82) is 0 Å². The SMILES string of the molecule is COc1c(F)ccc(C(=O)C(=O)O)c1OC. The zero-order valence-corrected chi connectivity index (χ0v) is 8.61. The van der Waals surface area contributed by atoms with Crippen LogP contribution in [0.1, 0.15) is 10.4 Å². The third-order valence-electron chi connectivity index (χ3n) is 1.91. The van der Waals surface area contributed by atoms with Crippen molar-refractivity contribution in [1.82, 2.24) is 0 Å². The summed E-state index contributed by atoms with van der Waals surface area (Å²) in [7, 11) is 2.38. The third-order valence-corrected chi connectivity index (χ3v) is 1.91.